The minimum absolute atomic E-state index is 0.125. The van der Waals surface area contributed by atoms with E-state index in [-0.39, 0.29) is 5.02 Å². The standard InChI is InChI=1S/C14H17ClFN3/c1-9(2)14-10(8-19(3)18-14)7-17-12-6-4-5-11(15)13(12)16/h4-6,8-9,17H,7H2,1-3H3. The zero-order valence-corrected chi connectivity index (χ0v) is 12.0. The summed E-state index contributed by atoms with van der Waals surface area (Å²) in [6, 6.07) is 4.93. The first-order valence-electron chi connectivity index (χ1n) is 6.19. The van der Waals surface area contributed by atoms with E-state index in [4.69, 9.17) is 11.6 Å². The van der Waals surface area contributed by atoms with Gasteiger partial charge < -0.3 is 5.32 Å². The number of nitrogens with zero attached hydrogens (tertiary/aromatic N) is 2. The van der Waals surface area contributed by atoms with E-state index in [9.17, 15) is 4.39 Å². The Bertz CT molecular complexity index is 578. The van der Waals surface area contributed by atoms with Crippen LogP contribution in [0.2, 0.25) is 5.02 Å². The van der Waals surface area contributed by atoms with Gasteiger partial charge in [0.1, 0.15) is 0 Å². The molecule has 0 aliphatic carbocycles. The molecule has 0 atom stereocenters. The second kappa shape index (κ2) is 5.61. The van der Waals surface area contributed by atoms with Crippen LogP contribution < -0.4 is 5.32 Å². The molecule has 1 aromatic heterocycles. The molecule has 2 aromatic rings. The zero-order valence-electron chi connectivity index (χ0n) is 11.2. The predicted molar refractivity (Wildman–Crippen MR) is 76.0 cm³/mol. The Hall–Kier alpha value is -1.55. The van der Waals surface area contributed by atoms with E-state index in [1.165, 1.54) is 6.07 Å². The summed E-state index contributed by atoms with van der Waals surface area (Å²) < 4.78 is 15.5. The Morgan fingerprint density at radius 1 is 1.42 bits per heavy atom. The van der Waals surface area contributed by atoms with Gasteiger partial charge in [0, 0.05) is 25.4 Å². The van der Waals surface area contributed by atoms with E-state index in [0.717, 1.165) is 11.3 Å². The molecule has 0 spiro atoms. The number of halogens is 2. The van der Waals surface area contributed by atoms with Crippen LogP contribution in [-0.2, 0) is 13.6 Å². The fraction of sp³-hybridized carbons (Fsp3) is 0.357. The van der Waals surface area contributed by atoms with Crippen molar-refractivity contribution in [3.8, 4) is 0 Å². The smallest absolute Gasteiger partial charge is 0.164 e. The van der Waals surface area contributed by atoms with E-state index >= 15 is 0 Å². The molecule has 5 heteroatoms. The van der Waals surface area contributed by atoms with Gasteiger partial charge in [0.2, 0.25) is 0 Å². The third-order valence-corrected chi connectivity index (χ3v) is 3.20. The molecule has 0 bridgehead atoms. The van der Waals surface area contributed by atoms with Crippen molar-refractivity contribution >= 4 is 17.3 Å². The molecular weight excluding hydrogens is 265 g/mol. The van der Waals surface area contributed by atoms with Crippen LogP contribution in [-0.4, -0.2) is 9.78 Å². The van der Waals surface area contributed by atoms with E-state index in [2.05, 4.69) is 24.3 Å². The number of aryl methyl sites for hydroxylation is 1. The average molecular weight is 282 g/mol. The monoisotopic (exact) mass is 281 g/mol. The highest BCUT2D eigenvalue weighted by Gasteiger charge is 2.12. The first-order chi connectivity index (χ1) is 8.99. The van der Waals surface area contributed by atoms with Gasteiger partial charge >= 0.3 is 0 Å². The molecular formula is C14H17ClFN3. The lowest BCUT2D eigenvalue weighted by Crippen LogP contribution is -2.04. The van der Waals surface area contributed by atoms with Crippen LogP contribution in [0.3, 0.4) is 0 Å². The van der Waals surface area contributed by atoms with E-state index in [1.54, 1.807) is 16.8 Å². The van der Waals surface area contributed by atoms with Crippen molar-refractivity contribution < 1.29 is 4.39 Å². The summed E-state index contributed by atoms with van der Waals surface area (Å²) in [6.45, 7) is 4.70. The fourth-order valence-corrected chi connectivity index (χ4v) is 2.18. The molecule has 0 unspecified atom stereocenters. The normalized spacial score (nSPS) is 11.1. The third kappa shape index (κ3) is 3.07. The molecule has 0 saturated heterocycles. The summed E-state index contributed by atoms with van der Waals surface area (Å²) in [5.74, 6) is -0.0821. The lowest BCUT2D eigenvalue weighted by molar-refractivity contribution is 0.630. The number of rotatable bonds is 4. The number of benzene rings is 1. The van der Waals surface area contributed by atoms with Gasteiger partial charge in [0.15, 0.2) is 5.82 Å². The summed E-state index contributed by atoms with van der Waals surface area (Å²) in [5.41, 5.74) is 2.50. The van der Waals surface area contributed by atoms with Gasteiger partial charge in [-0.3, -0.25) is 4.68 Å². The highest BCUT2D eigenvalue weighted by molar-refractivity contribution is 6.31. The molecule has 2 rings (SSSR count). The molecule has 19 heavy (non-hydrogen) atoms. The van der Waals surface area contributed by atoms with Gasteiger partial charge in [0.25, 0.3) is 0 Å². The topological polar surface area (TPSA) is 29.9 Å². The Morgan fingerprint density at radius 2 is 2.16 bits per heavy atom. The quantitative estimate of drug-likeness (QED) is 0.920. The van der Waals surface area contributed by atoms with Gasteiger partial charge in [-0.25, -0.2) is 4.39 Å². The Kier molecular flexibility index (Phi) is 4.10. The molecule has 0 amide bonds. The van der Waals surface area contributed by atoms with E-state index < -0.39 is 5.82 Å². The van der Waals surface area contributed by atoms with Gasteiger partial charge in [-0.15, -0.1) is 0 Å². The van der Waals surface area contributed by atoms with Crippen LogP contribution in [0.25, 0.3) is 0 Å². The number of nitrogens with one attached hydrogen (secondary N) is 1. The van der Waals surface area contributed by atoms with Crippen molar-refractivity contribution in [2.45, 2.75) is 26.3 Å². The first kappa shape index (κ1) is 13.9. The zero-order chi connectivity index (χ0) is 14.0. The maximum absolute atomic E-state index is 13.8. The minimum Gasteiger partial charge on any atom is -0.378 e. The average Bonchev–Trinajstić information content (AvgIpc) is 2.73. The molecule has 0 fully saturated rings. The highest BCUT2D eigenvalue weighted by Crippen LogP contribution is 2.24. The number of hydrogen-bond acceptors (Lipinski definition) is 2. The van der Waals surface area contributed by atoms with Crippen LogP contribution in [0.15, 0.2) is 24.4 Å². The van der Waals surface area contributed by atoms with Crippen LogP contribution >= 0.6 is 11.6 Å². The minimum atomic E-state index is -0.417. The molecule has 1 heterocycles. The number of anilines is 1. The van der Waals surface area contributed by atoms with Gasteiger partial charge in [-0.1, -0.05) is 31.5 Å². The third-order valence-electron chi connectivity index (χ3n) is 2.90. The molecule has 1 N–H and O–H groups in total. The maximum Gasteiger partial charge on any atom is 0.164 e. The fourth-order valence-electron chi connectivity index (χ4n) is 2.01. The van der Waals surface area contributed by atoms with Crippen molar-refractivity contribution in [1.82, 2.24) is 9.78 Å². The highest BCUT2D eigenvalue weighted by atomic mass is 35.5. The largest absolute Gasteiger partial charge is 0.378 e. The van der Waals surface area contributed by atoms with Gasteiger partial charge in [0.05, 0.1) is 16.4 Å². The van der Waals surface area contributed by atoms with Crippen LogP contribution in [0.1, 0.15) is 31.0 Å². The Balaban J connectivity index is 2.17. The molecule has 0 aliphatic heterocycles. The Morgan fingerprint density at radius 3 is 2.84 bits per heavy atom. The van der Waals surface area contributed by atoms with Crippen molar-refractivity contribution in [3.05, 3.63) is 46.5 Å². The van der Waals surface area contributed by atoms with Crippen molar-refractivity contribution in [2.75, 3.05) is 5.32 Å². The summed E-state index contributed by atoms with van der Waals surface area (Å²) in [6.07, 6.45) is 1.95. The molecule has 0 saturated carbocycles. The molecule has 0 radical (unpaired) electrons. The predicted octanol–water partition coefficient (Wildman–Crippen LogP) is 3.95. The lowest BCUT2D eigenvalue weighted by atomic mass is 10.1. The maximum atomic E-state index is 13.8. The number of hydrogen-bond donors (Lipinski definition) is 1. The number of aromatic nitrogens is 2. The van der Waals surface area contributed by atoms with Crippen molar-refractivity contribution in [3.63, 3.8) is 0 Å². The lowest BCUT2D eigenvalue weighted by Gasteiger charge is -2.09. The summed E-state index contributed by atoms with van der Waals surface area (Å²) in [7, 11) is 1.88. The van der Waals surface area contributed by atoms with Gasteiger partial charge in [-0.05, 0) is 18.1 Å². The van der Waals surface area contributed by atoms with Crippen LogP contribution in [0.5, 0.6) is 0 Å². The molecule has 1 aromatic carbocycles. The molecule has 102 valence electrons. The van der Waals surface area contributed by atoms with Crippen molar-refractivity contribution in [2.24, 2.45) is 7.05 Å². The molecule has 0 aliphatic rings. The van der Waals surface area contributed by atoms with E-state index in [0.29, 0.717) is 18.2 Å². The summed E-state index contributed by atoms with van der Waals surface area (Å²) in [4.78, 5) is 0. The second-order valence-corrected chi connectivity index (χ2v) is 5.23. The molecule has 3 nitrogen and oxygen atoms in total. The van der Waals surface area contributed by atoms with E-state index in [1.807, 2.05) is 13.2 Å². The van der Waals surface area contributed by atoms with Crippen LogP contribution in [0, 0.1) is 5.82 Å². The summed E-state index contributed by atoms with van der Waals surface area (Å²) >= 11 is 5.75. The SMILES string of the molecule is CC(C)c1nn(C)cc1CNc1cccc(Cl)c1F. The summed E-state index contributed by atoms with van der Waals surface area (Å²) in [5, 5.41) is 7.61. The first-order valence-corrected chi connectivity index (χ1v) is 6.57. The van der Waals surface area contributed by atoms with Gasteiger partial charge in [-0.2, -0.15) is 5.10 Å². The van der Waals surface area contributed by atoms with Crippen molar-refractivity contribution in [1.29, 1.82) is 0 Å². The second-order valence-electron chi connectivity index (χ2n) is 4.82. The van der Waals surface area contributed by atoms with Crippen LogP contribution in [0.4, 0.5) is 10.1 Å². The Labute approximate surface area is 117 Å².